The minimum Gasteiger partial charge on any atom is -0.465 e. The lowest BCUT2D eigenvalue weighted by atomic mass is 9.91. The van der Waals surface area contributed by atoms with Crippen LogP contribution in [0.25, 0.3) is 0 Å². The molecular formula is C9H15N5O2S. The number of amides is 1. The normalized spacial score (nSPS) is 24.6. The van der Waals surface area contributed by atoms with Crippen molar-refractivity contribution in [2.24, 2.45) is 0 Å². The molecule has 1 aromatic rings. The van der Waals surface area contributed by atoms with Crippen LogP contribution in [0.3, 0.4) is 0 Å². The smallest absolute Gasteiger partial charge is 0.405 e. The topological polar surface area (TPSA) is 104 Å². The molecule has 1 unspecified atom stereocenters. The second-order valence-corrected chi connectivity index (χ2v) is 5.43. The molecule has 1 atom stereocenters. The van der Waals surface area contributed by atoms with Crippen molar-refractivity contribution in [3.8, 4) is 0 Å². The predicted molar refractivity (Wildman–Crippen MR) is 65.3 cm³/mol. The van der Waals surface area contributed by atoms with E-state index in [1.54, 1.807) is 0 Å². The predicted octanol–water partition coefficient (Wildman–Crippen LogP) is 0.747. The van der Waals surface area contributed by atoms with Gasteiger partial charge in [-0.2, -0.15) is 0 Å². The van der Waals surface area contributed by atoms with Crippen molar-refractivity contribution in [2.75, 3.05) is 23.7 Å². The first-order valence-corrected chi connectivity index (χ1v) is 6.15. The summed E-state index contributed by atoms with van der Waals surface area (Å²) in [5.74, 6) is 0. The van der Waals surface area contributed by atoms with Gasteiger partial charge < -0.3 is 21.1 Å². The summed E-state index contributed by atoms with van der Waals surface area (Å²) in [5, 5.41) is 20.3. The van der Waals surface area contributed by atoms with E-state index >= 15 is 0 Å². The first-order chi connectivity index (χ1) is 7.98. The van der Waals surface area contributed by atoms with Gasteiger partial charge in [-0.25, -0.2) is 4.79 Å². The standard InChI is InChI=1S/C9H15N5O2S/c1-9(11-8(15)16)3-2-4-14(5-9)7-13-12-6(10)17-7/h11H,2-5H2,1H3,(H2,10,12)(H,15,16). The van der Waals surface area contributed by atoms with E-state index < -0.39 is 11.6 Å². The van der Waals surface area contributed by atoms with Crippen molar-refractivity contribution in [1.82, 2.24) is 15.5 Å². The van der Waals surface area contributed by atoms with Gasteiger partial charge in [0.1, 0.15) is 0 Å². The Kier molecular flexibility index (Phi) is 3.05. The quantitative estimate of drug-likeness (QED) is 0.722. The fourth-order valence-corrected chi connectivity index (χ4v) is 2.75. The summed E-state index contributed by atoms with van der Waals surface area (Å²) in [5.41, 5.74) is 5.10. The van der Waals surface area contributed by atoms with E-state index in [1.165, 1.54) is 11.3 Å². The number of hydrogen-bond acceptors (Lipinski definition) is 6. The molecule has 1 aliphatic heterocycles. The minimum atomic E-state index is -0.994. The van der Waals surface area contributed by atoms with E-state index in [-0.39, 0.29) is 0 Å². The summed E-state index contributed by atoms with van der Waals surface area (Å²) in [6, 6.07) is 0. The number of rotatable bonds is 2. The van der Waals surface area contributed by atoms with Crippen molar-refractivity contribution < 1.29 is 9.90 Å². The number of aromatic nitrogens is 2. The third kappa shape index (κ3) is 2.76. The van der Waals surface area contributed by atoms with Gasteiger partial charge in [-0.05, 0) is 19.8 Å². The molecule has 0 bridgehead atoms. The summed E-state index contributed by atoms with van der Waals surface area (Å²) in [4.78, 5) is 12.8. The van der Waals surface area contributed by atoms with Gasteiger partial charge in [0.15, 0.2) is 0 Å². The van der Waals surface area contributed by atoms with Gasteiger partial charge in [-0.1, -0.05) is 11.3 Å². The third-order valence-corrected chi connectivity index (χ3v) is 3.62. The second-order valence-electron chi connectivity index (χ2n) is 4.44. The van der Waals surface area contributed by atoms with E-state index in [2.05, 4.69) is 15.5 Å². The van der Waals surface area contributed by atoms with E-state index in [9.17, 15) is 4.79 Å². The summed E-state index contributed by atoms with van der Waals surface area (Å²) >= 11 is 1.32. The third-order valence-electron chi connectivity index (χ3n) is 2.81. The summed E-state index contributed by atoms with van der Waals surface area (Å²) in [7, 11) is 0. The van der Waals surface area contributed by atoms with Crippen LogP contribution in [-0.2, 0) is 0 Å². The molecule has 17 heavy (non-hydrogen) atoms. The molecule has 1 amide bonds. The number of carbonyl (C=O) groups is 1. The average molecular weight is 257 g/mol. The van der Waals surface area contributed by atoms with Crippen LogP contribution in [-0.4, -0.2) is 40.0 Å². The zero-order valence-electron chi connectivity index (χ0n) is 9.51. The highest BCUT2D eigenvalue weighted by Gasteiger charge is 2.33. The van der Waals surface area contributed by atoms with Crippen LogP contribution in [0.2, 0.25) is 0 Å². The Morgan fingerprint density at radius 3 is 3.00 bits per heavy atom. The summed E-state index contributed by atoms with van der Waals surface area (Å²) in [6.07, 6.45) is 0.742. The van der Waals surface area contributed by atoms with Gasteiger partial charge in [0.25, 0.3) is 0 Å². The molecule has 0 spiro atoms. The van der Waals surface area contributed by atoms with Crippen LogP contribution in [0.1, 0.15) is 19.8 Å². The Labute approximate surface area is 103 Å². The maximum absolute atomic E-state index is 10.7. The molecule has 0 radical (unpaired) electrons. The maximum Gasteiger partial charge on any atom is 0.405 e. The SMILES string of the molecule is CC1(NC(=O)O)CCCN(c2nnc(N)s2)C1. The minimum absolute atomic E-state index is 0.429. The Bertz CT molecular complexity index is 423. The number of carboxylic acid groups (broad SMARTS) is 1. The number of nitrogens with two attached hydrogens (primary N) is 1. The van der Waals surface area contributed by atoms with Crippen molar-refractivity contribution in [3.63, 3.8) is 0 Å². The zero-order valence-corrected chi connectivity index (χ0v) is 10.3. The first-order valence-electron chi connectivity index (χ1n) is 5.34. The van der Waals surface area contributed by atoms with Crippen LogP contribution >= 0.6 is 11.3 Å². The van der Waals surface area contributed by atoms with Gasteiger partial charge in [0.05, 0.1) is 5.54 Å². The average Bonchev–Trinajstić information content (AvgIpc) is 2.63. The summed E-state index contributed by atoms with van der Waals surface area (Å²) < 4.78 is 0. The van der Waals surface area contributed by atoms with Gasteiger partial charge in [0, 0.05) is 13.1 Å². The molecule has 2 heterocycles. The van der Waals surface area contributed by atoms with Crippen LogP contribution in [0.4, 0.5) is 15.1 Å². The molecule has 4 N–H and O–H groups in total. The Morgan fingerprint density at radius 2 is 2.41 bits per heavy atom. The van der Waals surface area contributed by atoms with E-state index in [0.717, 1.165) is 24.5 Å². The fraction of sp³-hybridized carbons (Fsp3) is 0.667. The van der Waals surface area contributed by atoms with Crippen LogP contribution in [0, 0.1) is 0 Å². The van der Waals surface area contributed by atoms with Gasteiger partial charge >= 0.3 is 6.09 Å². The number of nitrogen functional groups attached to an aromatic ring is 1. The number of anilines is 2. The first kappa shape index (κ1) is 11.9. The molecule has 2 rings (SSSR count). The number of nitrogens with zero attached hydrogens (tertiary/aromatic N) is 3. The lowest BCUT2D eigenvalue weighted by molar-refractivity contribution is 0.175. The van der Waals surface area contributed by atoms with Crippen LogP contribution in [0.15, 0.2) is 0 Å². The van der Waals surface area contributed by atoms with Crippen LogP contribution < -0.4 is 16.0 Å². The zero-order chi connectivity index (χ0) is 12.5. The molecule has 7 nitrogen and oxygen atoms in total. The van der Waals surface area contributed by atoms with E-state index in [1.807, 2.05) is 11.8 Å². The fourth-order valence-electron chi connectivity index (χ4n) is 2.12. The molecule has 94 valence electrons. The monoisotopic (exact) mass is 257 g/mol. The van der Waals surface area contributed by atoms with Crippen molar-refractivity contribution in [2.45, 2.75) is 25.3 Å². The number of nitrogens with one attached hydrogen (secondary N) is 1. The second kappa shape index (κ2) is 4.36. The van der Waals surface area contributed by atoms with Gasteiger partial charge in [-0.15, -0.1) is 10.2 Å². The molecule has 0 saturated carbocycles. The van der Waals surface area contributed by atoms with Gasteiger partial charge in [0.2, 0.25) is 10.3 Å². The highest BCUT2D eigenvalue weighted by molar-refractivity contribution is 7.18. The van der Waals surface area contributed by atoms with E-state index in [4.69, 9.17) is 10.8 Å². The number of piperidine rings is 1. The lowest BCUT2D eigenvalue weighted by Gasteiger charge is -2.39. The molecule has 0 aliphatic carbocycles. The Morgan fingerprint density at radius 1 is 1.65 bits per heavy atom. The van der Waals surface area contributed by atoms with E-state index in [0.29, 0.717) is 11.7 Å². The Hall–Kier alpha value is -1.57. The molecular weight excluding hydrogens is 242 g/mol. The molecule has 0 aromatic carbocycles. The number of hydrogen-bond donors (Lipinski definition) is 3. The maximum atomic E-state index is 10.7. The molecule has 1 aromatic heterocycles. The highest BCUT2D eigenvalue weighted by Crippen LogP contribution is 2.28. The summed E-state index contributed by atoms with van der Waals surface area (Å²) in [6.45, 7) is 3.34. The highest BCUT2D eigenvalue weighted by atomic mass is 32.1. The molecule has 1 aliphatic rings. The Balaban J connectivity index is 2.09. The van der Waals surface area contributed by atoms with Gasteiger partial charge in [-0.3, -0.25) is 0 Å². The van der Waals surface area contributed by atoms with Crippen LogP contribution in [0.5, 0.6) is 0 Å². The lowest BCUT2D eigenvalue weighted by Crippen LogP contribution is -2.56. The molecule has 1 saturated heterocycles. The molecule has 8 heteroatoms. The largest absolute Gasteiger partial charge is 0.465 e. The van der Waals surface area contributed by atoms with Crippen molar-refractivity contribution >= 4 is 27.7 Å². The van der Waals surface area contributed by atoms with Crippen molar-refractivity contribution in [3.05, 3.63) is 0 Å². The molecule has 1 fully saturated rings. The van der Waals surface area contributed by atoms with Crippen molar-refractivity contribution in [1.29, 1.82) is 0 Å².